The maximum absolute atomic E-state index is 12.6. The summed E-state index contributed by atoms with van der Waals surface area (Å²) in [6.45, 7) is -0.193. The number of anilines is 1. The summed E-state index contributed by atoms with van der Waals surface area (Å²) >= 11 is 5.83. The highest BCUT2D eigenvalue weighted by Gasteiger charge is 2.36. The van der Waals surface area contributed by atoms with E-state index in [0.717, 1.165) is 16.5 Å². The van der Waals surface area contributed by atoms with Gasteiger partial charge < -0.3 is 14.4 Å². The molecule has 1 aliphatic heterocycles. The molecule has 0 aromatic heterocycles. The molecular weight excluding hydrogens is 478 g/mol. The van der Waals surface area contributed by atoms with Crippen LogP contribution in [0.4, 0.5) is 5.69 Å². The SMILES string of the molecule is O=C(COC(=O)[C@H]1CC(=O)N(c2ccc(Oc3cccc4ccccc34)cc2)C1)c1ccc(Cl)cc1. The third kappa shape index (κ3) is 5.09. The van der Waals surface area contributed by atoms with E-state index in [4.69, 9.17) is 21.1 Å². The van der Waals surface area contributed by atoms with Crippen LogP contribution in [0.25, 0.3) is 10.8 Å². The number of esters is 1. The lowest BCUT2D eigenvalue weighted by molar-refractivity contribution is -0.147. The Balaban J connectivity index is 1.20. The zero-order valence-electron chi connectivity index (χ0n) is 19.2. The number of benzene rings is 4. The standard InChI is InChI=1S/C29H22ClNO5/c30-22-10-8-20(9-11-22)26(32)18-35-29(34)21-16-28(33)31(17-21)23-12-14-24(15-13-23)36-27-7-3-5-19-4-1-2-6-25(19)27/h1-15,21H,16-18H2/t21-/m0/s1. The van der Waals surface area contributed by atoms with E-state index in [9.17, 15) is 14.4 Å². The first-order valence-corrected chi connectivity index (χ1v) is 11.9. The molecule has 4 aromatic rings. The van der Waals surface area contributed by atoms with Crippen molar-refractivity contribution >= 4 is 45.7 Å². The molecule has 5 rings (SSSR count). The Bertz CT molecular complexity index is 1430. The van der Waals surface area contributed by atoms with Gasteiger partial charge in [0.25, 0.3) is 0 Å². The van der Waals surface area contributed by atoms with Crippen molar-refractivity contribution in [2.24, 2.45) is 5.92 Å². The quantitative estimate of drug-likeness (QED) is 0.228. The highest BCUT2D eigenvalue weighted by molar-refractivity contribution is 6.30. The number of Topliss-reactive ketones (excluding diaryl/α,β-unsaturated/α-hetero) is 1. The van der Waals surface area contributed by atoms with Gasteiger partial charge in [-0.3, -0.25) is 14.4 Å². The molecule has 1 saturated heterocycles. The topological polar surface area (TPSA) is 72.9 Å². The van der Waals surface area contributed by atoms with E-state index < -0.39 is 11.9 Å². The first-order valence-electron chi connectivity index (χ1n) is 11.5. The van der Waals surface area contributed by atoms with Gasteiger partial charge in [-0.1, -0.05) is 48.0 Å². The van der Waals surface area contributed by atoms with E-state index in [-0.39, 0.29) is 31.3 Å². The third-order valence-electron chi connectivity index (χ3n) is 6.10. The molecule has 0 N–H and O–H groups in total. The zero-order valence-corrected chi connectivity index (χ0v) is 20.0. The average molecular weight is 500 g/mol. The number of amides is 1. The zero-order chi connectivity index (χ0) is 25.1. The maximum atomic E-state index is 12.6. The molecule has 6 nitrogen and oxygen atoms in total. The summed E-state index contributed by atoms with van der Waals surface area (Å²) in [6.07, 6.45) is 0.0300. The van der Waals surface area contributed by atoms with Gasteiger partial charge in [-0.05, 0) is 60.0 Å². The van der Waals surface area contributed by atoms with E-state index in [1.54, 1.807) is 53.4 Å². The average Bonchev–Trinajstić information content (AvgIpc) is 3.30. The Morgan fingerprint density at radius 3 is 2.39 bits per heavy atom. The summed E-state index contributed by atoms with van der Waals surface area (Å²) in [5.74, 6) is -0.328. The van der Waals surface area contributed by atoms with Crippen molar-refractivity contribution in [3.8, 4) is 11.5 Å². The first-order chi connectivity index (χ1) is 17.5. The fourth-order valence-corrected chi connectivity index (χ4v) is 4.32. The molecule has 4 aromatic carbocycles. The fourth-order valence-electron chi connectivity index (χ4n) is 4.19. The van der Waals surface area contributed by atoms with Crippen LogP contribution in [-0.4, -0.2) is 30.8 Å². The number of carbonyl (C=O) groups excluding carboxylic acids is 3. The first kappa shape index (κ1) is 23.6. The van der Waals surface area contributed by atoms with E-state index in [1.807, 2.05) is 42.5 Å². The van der Waals surface area contributed by atoms with Crippen molar-refractivity contribution in [2.45, 2.75) is 6.42 Å². The second kappa shape index (κ2) is 10.2. The van der Waals surface area contributed by atoms with Crippen LogP contribution >= 0.6 is 11.6 Å². The molecule has 0 saturated carbocycles. The van der Waals surface area contributed by atoms with Crippen LogP contribution in [0.5, 0.6) is 11.5 Å². The van der Waals surface area contributed by atoms with Crippen molar-refractivity contribution in [1.29, 1.82) is 0 Å². The molecule has 180 valence electrons. The van der Waals surface area contributed by atoms with E-state index in [2.05, 4.69) is 0 Å². The minimum Gasteiger partial charge on any atom is -0.457 e. The van der Waals surface area contributed by atoms with Crippen LogP contribution in [0.1, 0.15) is 16.8 Å². The Labute approximate surface area is 213 Å². The van der Waals surface area contributed by atoms with Gasteiger partial charge in [-0.2, -0.15) is 0 Å². The molecule has 0 spiro atoms. The number of fused-ring (bicyclic) bond motifs is 1. The van der Waals surface area contributed by atoms with Gasteiger partial charge in [-0.25, -0.2) is 0 Å². The van der Waals surface area contributed by atoms with Gasteiger partial charge in [0.05, 0.1) is 5.92 Å². The number of ketones is 1. The molecule has 36 heavy (non-hydrogen) atoms. The van der Waals surface area contributed by atoms with Crippen LogP contribution in [0.3, 0.4) is 0 Å². The highest BCUT2D eigenvalue weighted by atomic mass is 35.5. The normalized spacial score (nSPS) is 15.2. The van der Waals surface area contributed by atoms with Gasteiger partial charge in [0, 0.05) is 34.6 Å². The van der Waals surface area contributed by atoms with Crippen molar-refractivity contribution < 1.29 is 23.9 Å². The second-order valence-corrected chi connectivity index (χ2v) is 8.95. The number of carbonyl (C=O) groups is 3. The minimum atomic E-state index is -0.637. The predicted molar refractivity (Wildman–Crippen MR) is 138 cm³/mol. The minimum absolute atomic E-state index is 0.0300. The van der Waals surface area contributed by atoms with E-state index >= 15 is 0 Å². The lowest BCUT2D eigenvalue weighted by atomic mass is 10.1. The molecule has 1 amide bonds. The molecule has 0 unspecified atom stereocenters. The van der Waals surface area contributed by atoms with Crippen LogP contribution in [0, 0.1) is 5.92 Å². The van der Waals surface area contributed by atoms with Gasteiger partial charge in [-0.15, -0.1) is 0 Å². The largest absolute Gasteiger partial charge is 0.457 e. The van der Waals surface area contributed by atoms with Crippen LogP contribution in [-0.2, 0) is 14.3 Å². The molecule has 7 heteroatoms. The monoisotopic (exact) mass is 499 g/mol. The summed E-state index contributed by atoms with van der Waals surface area (Å²) in [4.78, 5) is 38.9. The molecular formula is C29H22ClNO5. The van der Waals surface area contributed by atoms with E-state index in [1.165, 1.54) is 0 Å². The van der Waals surface area contributed by atoms with E-state index in [0.29, 0.717) is 22.0 Å². The van der Waals surface area contributed by atoms with Gasteiger partial charge >= 0.3 is 5.97 Å². The van der Waals surface area contributed by atoms with Crippen molar-refractivity contribution in [3.05, 3.63) is 102 Å². The van der Waals surface area contributed by atoms with Crippen molar-refractivity contribution in [2.75, 3.05) is 18.1 Å². The molecule has 0 radical (unpaired) electrons. The summed E-state index contributed by atoms with van der Waals surface area (Å²) in [7, 11) is 0. The lowest BCUT2D eigenvalue weighted by Crippen LogP contribution is -2.27. The lowest BCUT2D eigenvalue weighted by Gasteiger charge is -2.17. The molecule has 1 heterocycles. The maximum Gasteiger partial charge on any atom is 0.311 e. The molecule has 1 aliphatic rings. The Hall–Kier alpha value is -4.16. The Morgan fingerprint density at radius 1 is 0.889 bits per heavy atom. The summed E-state index contributed by atoms with van der Waals surface area (Å²) < 4.78 is 11.3. The number of nitrogens with zero attached hydrogens (tertiary/aromatic N) is 1. The van der Waals surface area contributed by atoms with Crippen LogP contribution < -0.4 is 9.64 Å². The number of hydrogen-bond acceptors (Lipinski definition) is 5. The van der Waals surface area contributed by atoms with Gasteiger partial charge in [0.2, 0.25) is 5.91 Å². The smallest absolute Gasteiger partial charge is 0.311 e. The third-order valence-corrected chi connectivity index (χ3v) is 6.35. The number of rotatable bonds is 7. The summed E-state index contributed by atoms with van der Waals surface area (Å²) in [5, 5.41) is 2.61. The van der Waals surface area contributed by atoms with Crippen molar-refractivity contribution in [1.82, 2.24) is 0 Å². The molecule has 1 atom stereocenters. The highest BCUT2D eigenvalue weighted by Crippen LogP contribution is 2.32. The molecule has 1 fully saturated rings. The molecule has 0 aliphatic carbocycles. The Kier molecular flexibility index (Phi) is 6.69. The van der Waals surface area contributed by atoms with Crippen LogP contribution in [0.15, 0.2) is 91.0 Å². The second-order valence-electron chi connectivity index (χ2n) is 8.52. The van der Waals surface area contributed by atoms with Gasteiger partial charge in [0.15, 0.2) is 12.4 Å². The van der Waals surface area contributed by atoms with Crippen LogP contribution in [0.2, 0.25) is 5.02 Å². The number of ether oxygens (including phenoxy) is 2. The summed E-state index contributed by atoms with van der Waals surface area (Å²) in [5.41, 5.74) is 1.07. The Morgan fingerprint density at radius 2 is 1.61 bits per heavy atom. The predicted octanol–water partition coefficient (Wildman–Crippen LogP) is 6.06. The number of hydrogen-bond donors (Lipinski definition) is 0. The summed E-state index contributed by atoms with van der Waals surface area (Å²) in [6, 6.07) is 27.4. The fraction of sp³-hybridized carbons (Fsp3) is 0.138. The molecule has 0 bridgehead atoms. The van der Waals surface area contributed by atoms with Crippen molar-refractivity contribution in [3.63, 3.8) is 0 Å². The number of halogens is 1. The van der Waals surface area contributed by atoms with Gasteiger partial charge in [0.1, 0.15) is 11.5 Å².